The maximum absolute atomic E-state index is 15.5. The highest BCUT2D eigenvalue weighted by Crippen LogP contribution is 2.36. The van der Waals surface area contributed by atoms with Crippen molar-refractivity contribution in [2.75, 3.05) is 48.1 Å². The second kappa shape index (κ2) is 15.6. The zero-order valence-electron chi connectivity index (χ0n) is 30.4. The van der Waals surface area contributed by atoms with Gasteiger partial charge in [-0.05, 0) is 74.9 Å². The Hall–Kier alpha value is -4.92. The maximum Gasteiger partial charge on any atom is 0.302 e. The standard InChI is InChI=1S/C39H44FN7O5S/c1-24-18-45(11-12-46(24)30-20-51-21-30)29-9-10-38(41-16-29)43-35-13-27(19-44(4)39(35)50)32-14-28(40)15-36(34(32)22-52-26(3)49)47(23-48)42-17-33-25(2)53-37-8-6-5-7-31(33)37/h9-10,13-17,19,23-24,30H,5-8,11-12,18,20-22H2,1-4H3,(H,41,43)/b42-17-. The quantitative estimate of drug-likeness (QED) is 0.0914. The van der Waals surface area contributed by atoms with Crippen LogP contribution in [0.25, 0.3) is 11.1 Å². The van der Waals surface area contributed by atoms with Crippen LogP contribution in [0.5, 0.6) is 0 Å². The Kier molecular flexibility index (Phi) is 10.7. The monoisotopic (exact) mass is 741 g/mol. The van der Waals surface area contributed by atoms with E-state index in [0.29, 0.717) is 41.0 Å². The summed E-state index contributed by atoms with van der Waals surface area (Å²) < 4.78 is 27.7. The second-order valence-corrected chi connectivity index (χ2v) is 15.2. The average Bonchev–Trinajstić information content (AvgIpc) is 3.44. The summed E-state index contributed by atoms with van der Waals surface area (Å²) in [5, 5.41) is 8.72. The number of hydrogen-bond donors (Lipinski definition) is 1. The van der Waals surface area contributed by atoms with Crippen LogP contribution in [-0.4, -0.2) is 78.0 Å². The molecule has 12 nitrogen and oxygen atoms in total. The minimum Gasteiger partial charge on any atom is -0.461 e. The summed E-state index contributed by atoms with van der Waals surface area (Å²) in [5.41, 5.74) is 4.35. The molecule has 1 amide bonds. The summed E-state index contributed by atoms with van der Waals surface area (Å²) in [7, 11) is 1.60. The fraction of sp³-hybridized carbons (Fsp3) is 0.410. The molecular weight excluding hydrogens is 698 g/mol. The maximum atomic E-state index is 15.5. The highest BCUT2D eigenvalue weighted by Gasteiger charge is 2.33. The minimum absolute atomic E-state index is 0.117. The number of hydrogen-bond acceptors (Lipinski definition) is 11. The Bertz CT molecular complexity index is 2090. The lowest BCUT2D eigenvalue weighted by Gasteiger charge is -2.47. The van der Waals surface area contributed by atoms with E-state index < -0.39 is 11.8 Å². The molecule has 1 N–H and O–H groups in total. The van der Waals surface area contributed by atoms with Crippen LogP contribution in [0.4, 0.5) is 27.3 Å². The number of ether oxygens (including phenoxy) is 2. The molecule has 3 aromatic heterocycles. The van der Waals surface area contributed by atoms with Gasteiger partial charge in [-0.2, -0.15) is 5.10 Å². The Morgan fingerprint density at radius 3 is 2.72 bits per heavy atom. The van der Waals surface area contributed by atoms with E-state index in [4.69, 9.17) is 9.47 Å². The first kappa shape index (κ1) is 36.4. The van der Waals surface area contributed by atoms with Gasteiger partial charge in [-0.15, -0.1) is 11.3 Å². The number of pyridine rings is 2. The lowest BCUT2D eigenvalue weighted by Crippen LogP contribution is -2.60. The predicted molar refractivity (Wildman–Crippen MR) is 205 cm³/mol. The van der Waals surface area contributed by atoms with Gasteiger partial charge in [0.15, 0.2) is 0 Å². The molecule has 3 aliphatic rings. The van der Waals surface area contributed by atoms with Crippen molar-refractivity contribution in [3.8, 4) is 11.1 Å². The van der Waals surface area contributed by atoms with Crippen LogP contribution in [0.3, 0.4) is 0 Å². The van der Waals surface area contributed by atoms with Crippen molar-refractivity contribution in [1.29, 1.82) is 0 Å². The van der Waals surface area contributed by atoms with Gasteiger partial charge in [0.1, 0.15) is 23.9 Å². The molecule has 278 valence electrons. The lowest BCUT2D eigenvalue weighted by atomic mass is 9.95. The first-order chi connectivity index (χ1) is 25.6. The Balaban J connectivity index is 1.18. The third-order valence-electron chi connectivity index (χ3n) is 10.3. The summed E-state index contributed by atoms with van der Waals surface area (Å²) in [6, 6.07) is 8.79. The van der Waals surface area contributed by atoms with E-state index in [0.717, 1.165) is 79.7 Å². The van der Waals surface area contributed by atoms with Gasteiger partial charge in [0.2, 0.25) is 6.41 Å². The summed E-state index contributed by atoms with van der Waals surface area (Å²) >= 11 is 1.74. The molecule has 2 saturated heterocycles. The first-order valence-corrected chi connectivity index (χ1v) is 18.8. The molecule has 4 aromatic rings. The number of aryl methyl sites for hydroxylation is 3. The number of amides is 1. The molecule has 1 aromatic carbocycles. The SMILES string of the molecule is CC(=O)OCc1c(-c2cc(Nc3ccc(N4CCN(C5COC5)C(C)C4)cn3)c(=O)n(C)c2)cc(F)cc1N(C=O)/N=C\c1c(C)sc2c1CCCC2. The minimum atomic E-state index is -0.635. The van der Waals surface area contributed by atoms with E-state index in [2.05, 4.69) is 32.1 Å². The third-order valence-corrected chi connectivity index (χ3v) is 11.5. The van der Waals surface area contributed by atoms with Crippen LogP contribution in [0.1, 0.15) is 53.1 Å². The number of nitrogens with zero attached hydrogens (tertiary/aromatic N) is 6. The normalized spacial score (nSPS) is 17.8. The smallest absolute Gasteiger partial charge is 0.302 e. The van der Waals surface area contributed by atoms with Gasteiger partial charge in [-0.25, -0.2) is 14.4 Å². The van der Waals surface area contributed by atoms with Crippen molar-refractivity contribution in [1.82, 2.24) is 14.5 Å². The summed E-state index contributed by atoms with van der Waals surface area (Å²) in [6.07, 6.45) is 9.74. The molecule has 1 unspecified atom stereocenters. The number of esters is 1. The number of aromatic nitrogens is 2. The van der Waals surface area contributed by atoms with E-state index in [-0.39, 0.29) is 23.5 Å². The summed E-state index contributed by atoms with van der Waals surface area (Å²) in [6.45, 7) is 9.58. The fourth-order valence-electron chi connectivity index (χ4n) is 7.47. The number of thiophene rings is 1. The number of benzene rings is 1. The fourth-order valence-corrected chi connectivity index (χ4v) is 8.71. The number of fused-ring (bicyclic) bond motifs is 1. The van der Waals surface area contributed by atoms with Gasteiger partial charge in [-0.1, -0.05) is 0 Å². The number of carbonyl (C=O) groups excluding carboxylic acids is 2. The Labute approximate surface area is 311 Å². The first-order valence-electron chi connectivity index (χ1n) is 18.0. The topological polar surface area (TPSA) is 122 Å². The van der Waals surface area contributed by atoms with Crippen molar-refractivity contribution < 1.29 is 23.5 Å². The largest absolute Gasteiger partial charge is 0.461 e. The van der Waals surface area contributed by atoms with Gasteiger partial charge in [0.05, 0.1) is 43.0 Å². The van der Waals surface area contributed by atoms with Crippen LogP contribution in [0.15, 0.2) is 52.6 Å². The van der Waals surface area contributed by atoms with Gasteiger partial charge in [-0.3, -0.25) is 19.3 Å². The number of anilines is 4. The van der Waals surface area contributed by atoms with Crippen LogP contribution in [-0.2, 0) is 45.6 Å². The van der Waals surface area contributed by atoms with Crippen molar-refractivity contribution in [3.63, 3.8) is 0 Å². The van der Waals surface area contributed by atoms with E-state index in [1.807, 2.05) is 19.1 Å². The molecule has 0 bridgehead atoms. The number of piperazine rings is 1. The highest BCUT2D eigenvalue weighted by molar-refractivity contribution is 7.12. The van der Waals surface area contributed by atoms with Crippen LogP contribution < -0.4 is 20.8 Å². The number of rotatable bonds is 11. The van der Waals surface area contributed by atoms with Crippen LogP contribution >= 0.6 is 11.3 Å². The highest BCUT2D eigenvalue weighted by atomic mass is 32.1. The van der Waals surface area contributed by atoms with Crippen molar-refractivity contribution in [2.45, 2.75) is 65.1 Å². The predicted octanol–water partition coefficient (Wildman–Crippen LogP) is 5.55. The second-order valence-electron chi connectivity index (χ2n) is 13.9. The zero-order valence-corrected chi connectivity index (χ0v) is 31.2. The van der Waals surface area contributed by atoms with Crippen LogP contribution in [0, 0.1) is 12.7 Å². The average molecular weight is 742 g/mol. The van der Waals surface area contributed by atoms with Crippen LogP contribution in [0.2, 0.25) is 0 Å². The van der Waals surface area contributed by atoms with E-state index in [9.17, 15) is 14.4 Å². The van der Waals surface area contributed by atoms with Crippen molar-refractivity contribution in [3.05, 3.63) is 85.3 Å². The van der Waals surface area contributed by atoms with Crippen molar-refractivity contribution in [2.24, 2.45) is 12.1 Å². The molecule has 1 aliphatic carbocycles. The molecule has 2 fully saturated rings. The summed E-state index contributed by atoms with van der Waals surface area (Å²) in [5.74, 6) is -0.715. The molecule has 14 heteroatoms. The molecule has 0 saturated carbocycles. The molecule has 53 heavy (non-hydrogen) atoms. The lowest BCUT2D eigenvalue weighted by molar-refractivity contribution is -0.142. The van der Waals surface area contributed by atoms with E-state index in [1.165, 1.54) is 34.1 Å². The molecular formula is C39H44FN7O5S. The Morgan fingerprint density at radius 1 is 1.21 bits per heavy atom. The molecule has 7 rings (SSSR count). The van der Waals surface area contributed by atoms with E-state index in [1.54, 1.807) is 43.1 Å². The number of hydrazone groups is 1. The molecule has 5 heterocycles. The van der Waals surface area contributed by atoms with Gasteiger partial charge < -0.3 is 24.3 Å². The molecule has 0 radical (unpaired) electrons. The zero-order chi connectivity index (χ0) is 37.2. The van der Waals surface area contributed by atoms with Crippen molar-refractivity contribution >= 4 is 52.8 Å². The number of halogens is 1. The summed E-state index contributed by atoms with van der Waals surface area (Å²) in [4.78, 5) is 49.8. The molecule has 2 aliphatic heterocycles. The van der Waals surface area contributed by atoms with E-state index >= 15 is 4.39 Å². The molecule has 1 atom stereocenters. The van der Waals surface area contributed by atoms with Gasteiger partial charge in [0.25, 0.3) is 5.56 Å². The van der Waals surface area contributed by atoms with Gasteiger partial charge in [0, 0.05) is 78.4 Å². The van der Waals surface area contributed by atoms with Gasteiger partial charge >= 0.3 is 5.97 Å². The third kappa shape index (κ3) is 7.75. The number of carbonyl (C=O) groups is 2. The molecule has 0 spiro atoms. The number of nitrogens with one attached hydrogen (secondary N) is 1. The Morgan fingerprint density at radius 2 is 2.02 bits per heavy atom.